The van der Waals surface area contributed by atoms with Gasteiger partial charge in [0.25, 0.3) is 5.91 Å². The zero-order valence-electron chi connectivity index (χ0n) is 27.0. The molecule has 1 aromatic rings. The predicted octanol–water partition coefficient (Wildman–Crippen LogP) is 1.50. The summed E-state index contributed by atoms with van der Waals surface area (Å²) >= 11 is 0. The molecule has 1 saturated heterocycles. The van der Waals surface area contributed by atoms with Crippen LogP contribution in [0.3, 0.4) is 0 Å². The Morgan fingerprint density at radius 2 is 1.84 bits per heavy atom. The Balaban J connectivity index is 1.28. The van der Waals surface area contributed by atoms with Crippen LogP contribution in [0.4, 0.5) is 11.4 Å². The van der Waals surface area contributed by atoms with Gasteiger partial charge in [0.2, 0.25) is 11.8 Å². The highest BCUT2D eigenvalue weighted by Gasteiger charge is 2.46. The Bertz CT molecular complexity index is 1290. The molecule has 4 aliphatic heterocycles. The Hall–Kier alpha value is -3.22. The minimum Gasteiger partial charge on any atom is -0.495 e. The van der Waals surface area contributed by atoms with Crippen LogP contribution in [-0.4, -0.2) is 103 Å². The van der Waals surface area contributed by atoms with Crippen molar-refractivity contribution in [3.8, 4) is 5.75 Å². The quantitative estimate of drug-likeness (QED) is 0.290. The molecular weight excluding hydrogens is 558 g/mol. The van der Waals surface area contributed by atoms with Gasteiger partial charge >= 0.3 is 0 Å². The van der Waals surface area contributed by atoms with Gasteiger partial charge in [-0.1, -0.05) is 19.8 Å². The summed E-state index contributed by atoms with van der Waals surface area (Å²) in [6.07, 6.45) is 7.34. The number of carbonyl (C=O) groups is 2. The van der Waals surface area contributed by atoms with E-state index in [0.29, 0.717) is 48.3 Å². The monoisotopic (exact) mass is 609 g/mol. The molecule has 0 aromatic heterocycles. The number of rotatable bonds is 7. The highest BCUT2D eigenvalue weighted by Crippen LogP contribution is 2.39. The van der Waals surface area contributed by atoms with E-state index in [1.54, 1.807) is 7.11 Å². The average molecular weight is 610 g/mol. The molecule has 0 radical (unpaired) electrons. The van der Waals surface area contributed by atoms with Crippen LogP contribution in [-0.2, 0) is 16.0 Å². The number of ether oxygens (including phenoxy) is 1. The van der Waals surface area contributed by atoms with Crippen molar-refractivity contribution in [1.82, 2.24) is 30.7 Å². The number of benzene rings is 1. The second kappa shape index (κ2) is 12.3. The van der Waals surface area contributed by atoms with E-state index < -0.39 is 5.91 Å². The number of anilines is 2. The first-order chi connectivity index (χ1) is 21.1. The second-order valence-corrected chi connectivity index (χ2v) is 13.5. The van der Waals surface area contributed by atoms with Crippen LogP contribution < -0.4 is 36.6 Å². The molecule has 0 bridgehead atoms. The largest absolute Gasteiger partial charge is 0.495 e. The summed E-state index contributed by atoms with van der Waals surface area (Å²) in [7, 11) is 3.61. The Morgan fingerprint density at radius 1 is 1.11 bits per heavy atom. The standard InChI is InChI=1S/C32H51N9O3/c1-6-23-18-38(4)29-30(41(23)24-11-7-8-12-24)36-32(33,37-31(29)43)35-25-15-26-22(14-27(25)44-5)10-9-13-40(26)28(42)19-39-16-20(2)34-21(3)17-39/h14-15,20-21,23-24,34-36H,6-13,16-19,33H2,1-5H3,(H,37,43)/t20?,21?,23?,32-/m1/s1. The molecule has 1 aromatic carbocycles. The van der Waals surface area contributed by atoms with Crippen LogP contribution in [0.1, 0.15) is 64.9 Å². The molecule has 0 spiro atoms. The van der Waals surface area contributed by atoms with Gasteiger partial charge in [0.1, 0.15) is 17.3 Å². The molecule has 44 heavy (non-hydrogen) atoms. The van der Waals surface area contributed by atoms with Crippen molar-refractivity contribution < 1.29 is 14.3 Å². The van der Waals surface area contributed by atoms with Crippen LogP contribution in [0, 0.1) is 0 Å². The molecule has 2 fully saturated rings. The third-order valence-electron chi connectivity index (χ3n) is 9.92. The number of hydrogen-bond donors (Lipinski definition) is 5. The van der Waals surface area contributed by atoms with Crippen LogP contribution >= 0.6 is 0 Å². The lowest BCUT2D eigenvalue weighted by Gasteiger charge is -2.52. The van der Waals surface area contributed by atoms with E-state index in [1.165, 1.54) is 12.8 Å². The summed E-state index contributed by atoms with van der Waals surface area (Å²) in [6, 6.07) is 5.30. The molecule has 2 amide bonds. The number of piperazine rings is 1. The number of hydrogen-bond acceptors (Lipinski definition) is 10. The fourth-order valence-electron chi connectivity index (χ4n) is 8.09. The summed E-state index contributed by atoms with van der Waals surface area (Å²) in [5.41, 5.74) is 10.1. The Labute approximate surface area is 261 Å². The third kappa shape index (κ3) is 5.91. The maximum atomic E-state index is 13.7. The van der Waals surface area contributed by atoms with Crippen molar-refractivity contribution in [3.63, 3.8) is 0 Å². The Morgan fingerprint density at radius 3 is 2.52 bits per heavy atom. The van der Waals surface area contributed by atoms with E-state index in [-0.39, 0.29) is 17.9 Å². The van der Waals surface area contributed by atoms with Crippen LogP contribution in [0.15, 0.2) is 23.7 Å². The van der Waals surface area contributed by atoms with E-state index in [0.717, 1.165) is 68.8 Å². The van der Waals surface area contributed by atoms with Crippen LogP contribution in [0.2, 0.25) is 0 Å². The number of amides is 2. The van der Waals surface area contributed by atoms with Crippen molar-refractivity contribution in [3.05, 3.63) is 29.2 Å². The lowest BCUT2D eigenvalue weighted by molar-refractivity contribution is -0.123. The zero-order chi connectivity index (χ0) is 31.2. The maximum Gasteiger partial charge on any atom is 0.275 e. The topological polar surface area (TPSA) is 130 Å². The molecule has 3 unspecified atom stereocenters. The van der Waals surface area contributed by atoms with Crippen molar-refractivity contribution in [2.24, 2.45) is 5.73 Å². The number of nitrogens with zero attached hydrogens (tertiary/aromatic N) is 4. The summed E-state index contributed by atoms with van der Waals surface area (Å²) in [5.74, 6) is -0.205. The van der Waals surface area contributed by atoms with Gasteiger partial charge in [0.05, 0.1) is 19.3 Å². The number of likely N-dealkylation sites (N-methyl/N-ethyl adjacent to an activating group) is 1. The lowest BCUT2D eigenvalue weighted by Crippen LogP contribution is -2.76. The molecule has 242 valence electrons. The van der Waals surface area contributed by atoms with Crippen LogP contribution in [0.5, 0.6) is 5.75 Å². The van der Waals surface area contributed by atoms with Crippen molar-refractivity contribution >= 4 is 23.2 Å². The van der Waals surface area contributed by atoms with E-state index >= 15 is 0 Å². The molecule has 4 atom stereocenters. The fraction of sp³-hybridized carbons (Fsp3) is 0.688. The predicted molar refractivity (Wildman–Crippen MR) is 172 cm³/mol. The highest BCUT2D eigenvalue weighted by molar-refractivity contribution is 5.97. The smallest absolute Gasteiger partial charge is 0.275 e. The zero-order valence-corrected chi connectivity index (χ0v) is 27.0. The molecule has 12 heteroatoms. The van der Waals surface area contributed by atoms with Gasteiger partial charge < -0.3 is 35.4 Å². The summed E-state index contributed by atoms with van der Waals surface area (Å²) in [5, 5.41) is 13.4. The van der Waals surface area contributed by atoms with Crippen molar-refractivity contribution in [2.45, 2.75) is 95.8 Å². The Kier molecular flexibility index (Phi) is 8.60. The van der Waals surface area contributed by atoms with E-state index in [9.17, 15) is 9.59 Å². The minimum absolute atomic E-state index is 0.0905. The number of nitrogens with one attached hydrogen (secondary N) is 4. The first-order valence-electron chi connectivity index (χ1n) is 16.5. The third-order valence-corrected chi connectivity index (χ3v) is 9.92. The first kappa shape index (κ1) is 30.8. The number of fused-ring (bicyclic) bond motifs is 1. The molecule has 12 nitrogen and oxygen atoms in total. The van der Waals surface area contributed by atoms with Crippen LogP contribution in [0.25, 0.3) is 0 Å². The SMILES string of the molecule is CCC1CN(C)C2=C(N[C@@](N)(Nc3cc4c(cc3OC)CCCN4C(=O)CN3CC(C)NC(C)C3)NC2=O)N1C1CCCC1. The lowest BCUT2D eigenvalue weighted by atomic mass is 9.99. The van der Waals surface area contributed by atoms with Gasteiger partial charge in [-0.2, -0.15) is 0 Å². The minimum atomic E-state index is -1.47. The number of nitrogens with two attached hydrogens (primary N) is 1. The summed E-state index contributed by atoms with van der Waals surface area (Å²) < 4.78 is 5.82. The molecular formula is C32H51N9O3. The first-order valence-corrected chi connectivity index (χ1v) is 16.5. The summed E-state index contributed by atoms with van der Waals surface area (Å²) in [6.45, 7) is 10.0. The van der Waals surface area contributed by atoms with Crippen molar-refractivity contribution in [1.29, 1.82) is 0 Å². The second-order valence-electron chi connectivity index (χ2n) is 13.5. The van der Waals surface area contributed by atoms with E-state index in [2.05, 4.69) is 51.8 Å². The molecule has 4 heterocycles. The van der Waals surface area contributed by atoms with E-state index in [4.69, 9.17) is 10.5 Å². The molecule has 1 saturated carbocycles. The molecule has 5 aliphatic rings. The fourth-order valence-corrected chi connectivity index (χ4v) is 8.09. The van der Waals surface area contributed by atoms with Gasteiger partial charge in [-0.3, -0.25) is 25.5 Å². The molecule has 6 rings (SSSR count). The van der Waals surface area contributed by atoms with Gasteiger partial charge in [-0.25, -0.2) is 0 Å². The van der Waals surface area contributed by atoms with Gasteiger partial charge in [-0.15, -0.1) is 0 Å². The number of carbonyl (C=O) groups excluding carboxylic acids is 2. The maximum absolute atomic E-state index is 13.7. The number of aryl methyl sites for hydroxylation is 1. The molecule has 1 aliphatic carbocycles. The van der Waals surface area contributed by atoms with Gasteiger partial charge in [0, 0.05) is 63.1 Å². The van der Waals surface area contributed by atoms with Gasteiger partial charge in [0.15, 0.2) is 0 Å². The normalized spacial score (nSPS) is 29.6. The highest BCUT2D eigenvalue weighted by atomic mass is 16.5. The van der Waals surface area contributed by atoms with E-state index in [1.807, 2.05) is 29.0 Å². The molecule has 6 N–H and O–H groups in total. The van der Waals surface area contributed by atoms with Gasteiger partial charge in [-0.05, 0) is 63.6 Å². The van der Waals surface area contributed by atoms with Crippen molar-refractivity contribution in [2.75, 3.05) is 57.1 Å². The average Bonchev–Trinajstić information content (AvgIpc) is 3.49. The number of methoxy groups -OCH3 is 1. The summed E-state index contributed by atoms with van der Waals surface area (Å²) in [4.78, 5) is 36.0.